The molecular weight excluding hydrogens is 647 g/mol. The van der Waals surface area contributed by atoms with E-state index < -0.39 is 0 Å². The van der Waals surface area contributed by atoms with Gasteiger partial charge in [0, 0.05) is 62.6 Å². The normalized spacial score (nSPS) is 11.6. The van der Waals surface area contributed by atoms with Crippen molar-refractivity contribution in [1.29, 1.82) is 0 Å². The third-order valence-electron chi connectivity index (χ3n) is 9.36. The minimum Gasteiger partial charge on any atom is -0.208 e. The van der Waals surface area contributed by atoms with Gasteiger partial charge < -0.3 is 0 Å². The Morgan fingerprint density at radius 3 is 1.54 bits per heavy atom. The Morgan fingerprint density at radius 1 is 0.300 bits per heavy atom. The van der Waals surface area contributed by atoms with E-state index in [1.165, 1.54) is 62.6 Å². The van der Waals surface area contributed by atoms with Crippen LogP contribution in [0.4, 0.5) is 0 Å². The molecule has 10 rings (SSSR count). The van der Waals surface area contributed by atoms with E-state index in [0.717, 1.165) is 16.7 Å². The highest BCUT2D eigenvalue weighted by molar-refractivity contribution is 7.27. The van der Waals surface area contributed by atoms with E-state index in [1.807, 2.05) is 59.1 Å². The zero-order chi connectivity index (χ0) is 33.0. The number of nitrogens with zero attached hydrogens (tertiary/aromatic N) is 3. The Morgan fingerprint density at radius 2 is 0.820 bits per heavy atom. The summed E-state index contributed by atoms with van der Waals surface area (Å²) in [6.07, 6.45) is 0. The maximum Gasteiger partial charge on any atom is 0.164 e. The van der Waals surface area contributed by atoms with Gasteiger partial charge in [-0.05, 0) is 28.8 Å². The first-order valence-electron chi connectivity index (χ1n) is 16.6. The maximum atomic E-state index is 5.11. The molecule has 0 amide bonds. The Balaban J connectivity index is 1.22. The molecule has 0 aliphatic carbocycles. The lowest BCUT2D eigenvalue weighted by molar-refractivity contribution is 1.08. The van der Waals surface area contributed by atoms with Crippen molar-refractivity contribution < 1.29 is 0 Å². The van der Waals surface area contributed by atoms with Crippen molar-refractivity contribution in [2.75, 3.05) is 0 Å². The fourth-order valence-electron chi connectivity index (χ4n) is 7.07. The molecule has 0 radical (unpaired) electrons. The minimum absolute atomic E-state index is 0.664. The zero-order valence-corrected chi connectivity index (χ0v) is 28.4. The molecule has 0 bridgehead atoms. The van der Waals surface area contributed by atoms with Gasteiger partial charge >= 0.3 is 0 Å². The molecule has 50 heavy (non-hydrogen) atoms. The van der Waals surface area contributed by atoms with E-state index in [9.17, 15) is 0 Å². The van der Waals surface area contributed by atoms with Crippen LogP contribution in [0.15, 0.2) is 164 Å². The van der Waals surface area contributed by atoms with Gasteiger partial charge in [-0.15, -0.1) is 22.7 Å². The summed E-state index contributed by atoms with van der Waals surface area (Å²) in [5.41, 5.74) is 7.94. The second-order valence-corrected chi connectivity index (χ2v) is 14.4. The molecule has 0 saturated carbocycles. The zero-order valence-electron chi connectivity index (χ0n) is 26.7. The predicted molar refractivity (Wildman–Crippen MR) is 213 cm³/mol. The first-order valence-corrected chi connectivity index (χ1v) is 18.2. The van der Waals surface area contributed by atoms with Gasteiger partial charge in [0.1, 0.15) is 0 Å². The molecule has 5 heteroatoms. The van der Waals surface area contributed by atoms with Gasteiger partial charge in [0.25, 0.3) is 0 Å². The lowest BCUT2D eigenvalue weighted by Crippen LogP contribution is -2.00. The van der Waals surface area contributed by atoms with Crippen LogP contribution >= 0.6 is 22.7 Å². The smallest absolute Gasteiger partial charge is 0.164 e. The molecule has 0 atom stereocenters. The molecule has 0 aliphatic rings. The standard InChI is InChI=1S/C45H27N3S2/c1-4-14-28(15-5-1)31-26-27-32(40-34-20-10-11-24-37(34)49-42(31)40)33-21-12-22-35-39-36(23-13-25-38(39)50-41(33)35)45-47-43(29-16-6-2-7-17-29)46-44(48-45)30-18-8-3-9-19-30/h1-27H. The van der Waals surface area contributed by atoms with Crippen molar-refractivity contribution in [2.45, 2.75) is 0 Å². The lowest BCUT2D eigenvalue weighted by Gasteiger charge is -2.11. The number of rotatable bonds is 5. The molecule has 3 aromatic heterocycles. The molecule has 10 aromatic rings. The van der Waals surface area contributed by atoms with Crippen molar-refractivity contribution >= 4 is 63.0 Å². The first kappa shape index (κ1) is 29.0. The van der Waals surface area contributed by atoms with Crippen LogP contribution in [0.5, 0.6) is 0 Å². The van der Waals surface area contributed by atoms with E-state index in [1.54, 1.807) is 0 Å². The minimum atomic E-state index is 0.664. The van der Waals surface area contributed by atoms with Gasteiger partial charge in [-0.25, -0.2) is 15.0 Å². The van der Waals surface area contributed by atoms with Crippen molar-refractivity contribution in [2.24, 2.45) is 0 Å². The summed E-state index contributed by atoms with van der Waals surface area (Å²) in [4.78, 5) is 15.2. The predicted octanol–water partition coefficient (Wildman–Crippen LogP) is 12.9. The summed E-state index contributed by atoms with van der Waals surface area (Å²) in [6.45, 7) is 0. The van der Waals surface area contributed by atoms with Crippen LogP contribution < -0.4 is 0 Å². The largest absolute Gasteiger partial charge is 0.208 e. The molecule has 0 aliphatic heterocycles. The van der Waals surface area contributed by atoms with E-state index in [2.05, 4.69) is 127 Å². The number of thiophene rings is 2. The Hall–Kier alpha value is -6.01. The molecule has 0 saturated heterocycles. The van der Waals surface area contributed by atoms with E-state index in [4.69, 9.17) is 15.0 Å². The Labute approximate surface area is 296 Å². The Bertz CT molecular complexity index is 2800. The van der Waals surface area contributed by atoms with Crippen LogP contribution in [0.2, 0.25) is 0 Å². The van der Waals surface area contributed by atoms with Gasteiger partial charge in [-0.3, -0.25) is 0 Å². The molecule has 7 aromatic carbocycles. The lowest BCUT2D eigenvalue weighted by atomic mass is 9.94. The van der Waals surface area contributed by atoms with Crippen LogP contribution in [-0.4, -0.2) is 15.0 Å². The van der Waals surface area contributed by atoms with E-state index in [-0.39, 0.29) is 0 Å². The van der Waals surface area contributed by atoms with Crippen LogP contribution in [0, 0.1) is 0 Å². The number of hydrogen-bond acceptors (Lipinski definition) is 5. The van der Waals surface area contributed by atoms with Gasteiger partial charge in [0.15, 0.2) is 17.5 Å². The monoisotopic (exact) mass is 673 g/mol. The summed E-state index contributed by atoms with van der Waals surface area (Å²) in [7, 11) is 0. The highest BCUT2D eigenvalue weighted by Gasteiger charge is 2.21. The number of aromatic nitrogens is 3. The second-order valence-electron chi connectivity index (χ2n) is 12.3. The van der Waals surface area contributed by atoms with Crippen LogP contribution in [0.3, 0.4) is 0 Å². The van der Waals surface area contributed by atoms with Crippen molar-refractivity contribution in [1.82, 2.24) is 15.0 Å². The number of fused-ring (bicyclic) bond motifs is 6. The topological polar surface area (TPSA) is 38.7 Å². The second kappa shape index (κ2) is 11.8. The third kappa shape index (κ3) is 4.74. The average molecular weight is 674 g/mol. The highest BCUT2D eigenvalue weighted by Crippen LogP contribution is 2.49. The Kier molecular flexibility index (Phi) is 6.86. The molecule has 0 spiro atoms. The van der Waals surface area contributed by atoms with Gasteiger partial charge in [0.2, 0.25) is 0 Å². The van der Waals surface area contributed by atoms with Crippen molar-refractivity contribution in [3.63, 3.8) is 0 Å². The quantitative estimate of drug-likeness (QED) is 0.182. The molecule has 3 nitrogen and oxygen atoms in total. The number of benzene rings is 7. The summed E-state index contributed by atoms with van der Waals surface area (Å²) in [5, 5.41) is 4.99. The third-order valence-corrected chi connectivity index (χ3v) is 11.8. The SMILES string of the molecule is c1ccc(-c2nc(-c3ccccc3)nc(-c3cccc4sc5c(-c6ccc(-c7ccccc7)c7sc8ccccc8c67)cccc5c34)n2)cc1. The summed E-state index contributed by atoms with van der Waals surface area (Å²) in [5.74, 6) is 2.00. The molecule has 0 N–H and O–H groups in total. The van der Waals surface area contributed by atoms with Crippen LogP contribution in [0.1, 0.15) is 0 Å². The highest BCUT2D eigenvalue weighted by atomic mass is 32.1. The summed E-state index contributed by atoms with van der Waals surface area (Å²) in [6, 6.07) is 57.8. The van der Waals surface area contributed by atoms with Gasteiger partial charge in [0.05, 0.1) is 0 Å². The van der Waals surface area contributed by atoms with E-state index >= 15 is 0 Å². The van der Waals surface area contributed by atoms with Crippen LogP contribution in [0.25, 0.3) is 96.8 Å². The summed E-state index contributed by atoms with van der Waals surface area (Å²) >= 11 is 3.72. The fraction of sp³-hybridized carbons (Fsp3) is 0. The molecule has 3 heterocycles. The van der Waals surface area contributed by atoms with Crippen LogP contribution in [-0.2, 0) is 0 Å². The van der Waals surface area contributed by atoms with Gasteiger partial charge in [-0.2, -0.15) is 0 Å². The number of hydrogen-bond donors (Lipinski definition) is 0. The van der Waals surface area contributed by atoms with Crippen molar-refractivity contribution in [3.8, 4) is 56.4 Å². The fourth-order valence-corrected chi connectivity index (χ4v) is 9.59. The van der Waals surface area contributed by atoms with Crippen molar-refractivity contribution in [3.05, 3.63) is 164 Å². The van der Waals surface area contributed by atoms with Gasteiger partial charge in [-0.1, -0.05) is 152 Å². The van der Waals surface area contributed by atoms with E-state index in [0.29, 0.717) is 17.5 Å². The molecule has 0 fully saturated rings. The average Bonchev–Trinajstić information content (AvgIpc) is 3.78. The summed E-state index contributed by atoms with van der Waals surface area (Å²) < 4.78 is 5.09. The molecule has 0 unspecified atom stereocenters. The molecular formula is C45H27N3S2. The first-order chi connectivity index (χ1) is 24.8. The molecule has 234 valence electrons. The maximum absolute atomic E-state index is 5.11.